The lowest BCUT2D eigenvalue weighted by Gasteiger charge is -2.19. The molecular weight excluding hydrogens is 494 g/mol. The van der Waals surface area contributed by atoms with E-state index in [1.54, 1.807) is 42.5 Å². The van der Waals surface area contributed by atoms with Gasteiger partial charge in [0.1, 0.15) is 22.4 Å². The molecule has 1 saturated heterocycles. The van der Waals surface area contributed by atoms with Crippen LogP contribution in [0.2, 0.25) is 5.02 Å². The van der Waals surface area contributed by atoms with Crippen LogP contribution < -0.4 is 15.0 Å². The molecule has 1 heterocycles. The van der Waals surface area contributed by atoms with E-state index in [1.807, 2.05) is 50.2 Å². The van der Waals surface area contributed by atoms with Gasteiger partial charge in [-0.25, -0.2) is 0 Å². The van der Waals surface area contributed by atoms with Gasteiger partial charge in [0.05, 0.1) is 11.9 Å². The number of thioether (sulfide) groups is 1. The van der Waals surface area contributed by atoms with E-state index < -0.39 is 11.2 Å². The van der Waals surface area contributed by atoms with E-state index in [0.29, 0.717) is 40.2 Å². The van der Waals surface area contributed by atoms with Crippen LogP contribution in [-0.4, -0.2) is 23.7 Å². The topological polar surface area (TPSA) is 82.4 Å². The van der Waals surface area contributed by atoms with Crippen LogP contribution in [0, 0.1) is 18.3 Å². The Kier molecular flexibility index (Phi) is 7.99. The maximum atomic E-state index is 13.6. The second-order valence-electron chi connectivity index (χ2n) is 8.15. The van der Waals surface area contributed by atoms with Crippen molar-refractivity contribution >= 4 is 46.6 Å². The maximum Gasteiger partial charge on any atom is 0.269 e. The zero-order valence-corrected chi connectivity index (χ0v) is 21.4. The molecule has 1 atom stereocenters. The molecule has 182 valence electrons. The highest BCUT2D eigenvalue weighted by atomic mass is 35.5. The standard InChI is InChI=1S/C28H24ClN3O3S/c1-3-35-23-13-11-22(12-14-23)32-27(34)25(16-19-5-4-6-20(29)15-19)36-28(32)24(17-30)26(33)31-21-9-7-18(2)8-10-21/h4-15,25H,3,16H2,1-2H3,(H,31,33)/b28-24-. The normalized spacial score (nSPS) is 16.4. The number of nitrogens with one attached hydrogen (secondary N) is 1. The van der Waals surface area contributed by atoms with Crippen LogP contribution in [0.25, 0.3) is 0 Å². The molecule has 1 unspecified atom stereocenters. The number of ether oxygens (including phenoxy) is 1. The molecule has 0 aliphatic carbocycles. The minimum absolute atomic E-state index is 0.128. The van der Waals surface area contributed by atoms with Crippen molar-refractivity contribution in [1.82, 2.24) is 0 Å². The first-order valence-corrected chi connectivity index (χ1v) is 12.7. The molecule has 0 radical (unpaired) electrons. The van der Waals surface area contributed by atoms with Crippen molar-refractivity contribution in [1.29, 1.82) is 5.26 Å². The van der Waals surface area contributed by atoms with Crippen LogP contribution in [0.1, 0.15) is 18.1 Å². The Bertz CT molecular complexity index is 1350. The number of nitrogens with zero attached hydrogens (tertiary/aromatic N) is 2. The van der Waals surface area contributed by atoms with Crippen molar-refractivity contribution in [3.63, 3.8) is 0 Å². The molecule has 8 heteroatoms. The summed E-state index contributed by atoms with van der Waals surface area (Å²) in [6.07, 6.45) is 0.402. The van der Waals surface area contributed by atoms with E-state index in [2.05, 4.69) is 5.32 Å². The van der Waals surface area contributed by atoms with Crippen LogP contribution >= 0.6 is 23.4 Å². The van der Waals surface area contributed by atoms with Crippen molar-refractivity contribution in [2.75, 3.05) is 16.8 Å². The minimum atomic E-state index is -0.573. The molecule has 1 aliphatic rings. The summed E-state index contributed by atoms with van der Waals surface area (Å²) in [4.78, 5) is 28.2. The Morgan fingerprint density at radius 1 is 1.14 bits per heavy atom. The lowest BCUT2D eigenvalue weighted by atomic mass is 10.1. The first kappa shape index (κ1) is 25.4. The molecule has 1 aliphatic heterocycles. The molecule has 1 N–H and O–H groups in total. The summed E-state index contributed by atoms with van der Waals surface area (Å²) in [5, 5.41) is 13.1. The molecule has 0 saturated carbocycles. The Labute approximate surface area is 219 Å². The first-order chi connectivity index (χ1) is 17.4. The zero-order valence-electron chi connectivity index (χ0n) is 19.8. The smallest absolute Gasteiger partial charge is 0.269 e. The fourth-order valence-electron chi connectivity index (χ4n) is 3.79. The predicted molar refractivity (Wildman–Crippen MR) is 144 cm³/mol. The Morgan fingerprint density at radius 3 is 2.50 bits per heavy atom. The second-order valence-corrected chi connectivity index (χ2v) is 9.78. The number of hydrogen-bond acceptors (Lipinski definition) is 5. The van der Waals surface area contributed by atoms with Gasteiger partial charge in [0.25, 0.3) is 5.91 Å². The summed E-state index contributed by atoms with van der Waals surface area (Å²) < 4.78 is 5.52. The molecule has 2 amide bonds. The monoisotopic (exact) mass is 517 g/mol. The van der Waals surface area contributed by atoms with Gasteiger partial charge < -0.3 is 10.1 Å². The van der Waals surface area contributed by atoms with Gasteiger partial charge in [-0.05, 0) is 74.4 Å². The number of rotatable bonds is 7. The lowest BCUT2D eigenvalue weighted by molar-refractivity contribution is -0.117. The first-order valence-electron chi connectivity index (χ1n) is 11.4. The van der Waals surface area contributed by atoms with E-state index in [-0.39, 0.29) is 11.5 Å². The number of anilines is 2. The molecule has 3 aromatic rings. The fraction of sp³-hybridized carbons (Fsp3) is 0.179. The largest absolute Gasteiger partial charge is 0.494 e. The Balaban J connectivity index is 1.71. The van der Waals surface area contributed by atoms with E-state index in [1.165, 1.54) is 16.7 Å². The summed E-state index contributed by atoms with van der Waals surface area (Å²) in [5.41, 5.74) is 2.93. The van der Waals surface area contributed by atoms with Crippen molar-refractivity contribution < 1.29 is 14.3 Å². The number of carbonyl (C=O) groups excluding carboxylic acids is 2. The number of halogens is 1. The predicted octanol–water partition coefficient (Wildman–Crippen LogP) is 6.11. The summed E-state index contributed by atoms with van der Waals surface area (Å²) in [7, 11) is 0. The van der Waals surface area contributed by atoms with E-state index in [0.717, 1.165) is 11.1 Å². The number of amides is 2. The highest BCUT2D eigenvalue weighted by Crippen LogP contribution is 2.42. The number of hydrogen-bond donors (Lipinski definition) is 1. The molecule has 0 bridgehead atoms. The summed E-state index contributed by atoms with van der Waals surface area (Å²) >= 11 is 7.35. The zero-order chi connectivity index (χ0) is 25.7. The third-order valence-corrected chi connectivity index (χ3v) is 7.03. The van der Waals surface area contributed by atoms with Gasteiger partial charge in [-0.15, -0.1) is 0 Å². The average Bonchev–Trinajstić information content (AvgIpc) is 3.17. The second kappa shape index (κ2) is 11.3. The van der Waals surface area contributed by atoms with Crippen molar-refractivity contribution in [3.8, 4) is 11.8 Å². The molecule has 0 aromatic heterocycles. The summed E-state index contributed by atoms with van der Waals surface area (Å²) in [6, 6.07) is 23.6. The third-order valence-electron chi connectivity index (χ3n) is 5.53. The highest BCUT2D eigenvalue weighted by Gasteiger charge is 2.40. The van der Waals surface area contributed by atoms with Crippen LogP contribution in [0.3, 0.4) is 0 Å². The van der Waals surface area contributed by atoms with Crippen LogP contribution in [0.15, 0.2) is 83.4 Å². The highest BCUT2D eigenvalue weighted by molar-refractivity contribution is 8.05. The molecule has 4 rings (SSSR count). The van der Waals surface area contributed by atoms with Crippen LogP contribution in [0.4, 0.5) is 11.4 Å². The van der Waals surface area contributed by atoms with E-state index in [4.69, 9.17) is 16.3 Å². The van der Waals surface area contributed by atoms with Gasteiger partial charge in [0.2, 0.25) is 5.91 Å². The molecule has 6 nitrogen and oxygen atoms in total. The molecule has 36 heavy (non-hydrogen) atoms. The molecular formula is C28H24ClN3O3S. The summed E-state index contributed by atoms with van der Waals surface area (Å²) in [6.45, 7) is 4.36. The minimum Gasteiger partial charge on any atom is -0.494 e. The maximum absolute atomic E-state index is 13.6. The van der Waals surface area contributed by atoms with Crippen molar-refractivity contribution in [2.45, 2.75) is 25.5 Å². The SMILES string of the molecule is CCOc1ccc(N2C(=O)C(Cc3cccc(Cl)c3)S/C2=C(/C#N)C(=O)Nc2ccc(C)cc2)cc1. The molecule has 0 spiro atoms. The quantitative estimate of drug-likeness (QED) is 0.302. The van der Waals surface area contributed by atoms with E-state index in [9.17, 15) is 14.9 Å². The number of carbonyl (C=O) groups is 2. The Hall–Kier alpha value is -3.73. The van der Waals surface area contributed by atoms with Crippen LogP contribution in [0.5, 0.6) is 5.75 Å². The third kappa shape index (κ3) is 5.73. The lowest BCUT2D eigenvalue weighted by Crippen LogP contribution is -2.30. The summed E-state index contributed by atoms with van der Waals surface area (Å²) in [5.74, 6) is -0.120. The van der Waals surface area contributed by atoms with Gasteiger partial charge in [-0.1, -0.05) is 53.2 Å². The van der Waals surface area contributed by atoms with Gasteiger partial charge in [0, 0.05) is 16.4 Å². The Morgan fingerprint density at radius 2 is 1.86 bits per heavy atom. The fourth-order valence-corrected chi connectivity index (χ4v) is 5.31. The van der Waals surface area contributed by atoms with Crippen LogP contribution in [-0.2, 0) is 16.0 Å². The van der Waals surface area contributed by atoms with Gasteiger partial charge in [-0.3, -0.25) is 14.5 Å². The van der Waals surface area contributed by atoms with Gasteiger partial charge in [-0.2, -0.15) is 5.26 Å². The van der Waals surface area contributed by atoms with Gasteiger partial charge in [0.15, 0.2) is 0 Å². The molecule has 1 fully saturated rings. The van der Waals surface area contributed by atoms with Crippen molar-refractivity contribution in [3.05, 3.63) is 99.5 Å². The van der Waals surface area contributed by atoms with Gasteiger partial charge >= 0.3 is 0 Å². The number of aryl methyl sites for hydroxylation is 1. The number of benzene rings is 3. The molecule has 3 aromatic carbocycles. The van der Waals surface area contributed by atoms with E-state index >= 15 is 0 Å². The average molecular weight is 518 g/mol. The van der Waals surface area contributed by atoms with Crippen molar-refractivity contribution in [2.24, 2.45) is 0 Å². The number of nitriles is 1.